The zero-order valence-electron chi connectivity index (χ0n) is 6.02. The highest BCUT2D eigenvalue weighted by molar-refractivity contribution is 6.30. The van der Waals surface area contributed by atoms with Gasteiger partial charge < -0.3 is 4.74 Å². The van der Waals surface area contributed by atoms with Crippen molar-refractivity contribution in [2.75, 3.05) is 7.11 Å². The number of hydrogen-bond donors (Lipinski definition) is 0. The highest BCUT2D eigenvalue weighted by atomic mass is 35.5. The number of hydrogen-bond acceptors (Lipinski definition) is 1. The Morgan fingerprint density at radius 2 is 2.10 bits per heavy atom. The van der Waals surface area contributed by atoms with Crippen LogP contribution in [0.1, 0.15) is 5.56 Å². The number of halogens is 1. The Kier molecular flexibility index (Phi) is 2.17. The van der Waals surface area contributed by atoms with Crippen molar-refractivity contribution in [1.82, 2.24) is 0 Å². The molecule has 0 saturated heterocycles. The minimum atomic E-state index is 0.748. The summed E-state index contributed by atoms with van der Waals surface area (Å²) in [5, 5.41) is 0.748. The van der Waals surface area contributed by atoms with Gasteiger partial charge in [-0.05, 0) is 30.7 Å². The maximum atomic E-state index is 5.72. The number of benzene rings is 1. The van der Waals surface area contributed by atoms with Gasteiger partial charge in [0.25, 0.3) is 0 Å². The third-order valence-corrected chi connectivity index (χ3v) is 1.59. The van der Waals surface area contributed by atoms with Crippen molar-refractivity contribution in [3.05, 3.63) is 28.8 Å². The van der Waals surface area contributed by atoms with Crippen LogP contribution in [0.15, 0.2) is 18.2 Å². The van der Waals surface area contributed by atoms with Crippen molar-refractivity contribution >= 4 is 11.6 Å². The standard InChI is InChI=1S/C8H9ClO/c1-6-5-7(9)3-4-8(6)10-2/h3-5H,1-2H3. The van der Waals surface area contributed by atoms with Crippen LogP contribution < -0.4 is 4.74 Å². The van der Waals surface area contributed by atoms with E-state index in [-0.39, 0.29) is 0 Å². The second-order valence-corrected chi connectivity index (χ2v) is 2.55. The molecule has 0 bridgehead atoms. The van der Waals surface area contributed by atoms with Crippen LogP contribution in [0, 0.1) is 6.92 Å². The van der Waals surface area contributed by atoms with Gasteiger partial charge in [0, 0.05) is 5.02 Å². The molecule has 10 heavy (non-hydrogen) atoms. The molecule has 54 valence electrons. The lowest BCUT2D eigenvalue weighted by Gasteiger charge is -2.02. The van der Waals surface area contributed by atoms with Crippen LogP contribution in [0.25, 0.3) is 0 Å². The molecule has 0 radical (unpaired) electrons. The van der Waals surface area contributed by atoms with Crippen molar-refractivity contribution in [1.29, 1.82) is 0 Å². The Labute approximate surface area is 65.6 Å². The summed E-state index contributed by atoms with van der Waals surface area (Å²) < 4.78 is 5.04. The molecular formula is C8H9ClO. The van der Waals surface area contributed by atoms with E-state index in [1.165, 1.54) is 0 Å². The lowest BCUT2D eigenvalue weighted by molar-refractivity contribution is 0.411. The van der Waals surface area contributed by atoms with E-state index in [9.17, 15) is 0 Å². The molecule has 0 fully saturated rings. The van der Waals surface area contributed by atoms with Crippen LogP contribution in [-0.2, 0) is 0 Å². The molecule has 1 nitrogen and oxygen atoms in total. The first-order valence-electron chi connectivity index (χ1n) is 3.04. The highest BCUT2D eigenvalue weighted by Crippen LogP contribution is 2.20. The van der Waals surface area contributed by atoms with E-state index in [1.54, 1.807) is 7.11 Å². The summed E-state index contributed by atoms with van der Waals surface area (Å²) >= 11 is 5.72. The first-order chi connectivity index (χ1) is 4.74. The van der Waals surface area contributed by atoms with E-state index < -0.39 is 0 Å². The van der Waals surface area contributed by atoms with Crippen LogP contribution in [0.3, 0.4) is 0 Å². The molecule has 1 rings (SSSR count). The van der Waals surface area contributed by atoms with Gasteiger partial charge >= 0.3 is 0 Å². The van der Waals surface area contributed by atoms with Crippen LogP contribution in [-0.4, -0.2) is 7.11 Å². The van der Waals surface area contributed by atoms with Crippen LogP contribution in [0.2, 0.25) is 5.02 Å². The van der Waals surface area contributed by atoms with E-state index in [0.717, 1.165) is 16.3 Å². The quantitative estimate of drug-likeness (QED) is 0.608. The van der Waals surface area contributed by atoms with E-state index in [0.29, 0.717) is 0 Å². The fourth-order valence-corrected chi connectivity index (χ4v) is 1.07. The average Bonchev–Trinajstić information content (AvgIpc) is 1.88. The predicted octanol–water partition coefficient (Wildman–Crippen LogP) is 2.66. The molecule has 0 aromatic heterocycles. The topological polar surface area (TPSA) is 9.23 Å². The summed E-state index contributed by atoms with van der Waals surface area (Å²) in [5.74, 6) is 0.879. The second kappa shape index (κ2) is 2.93. The largest absolute Gasteiger partial charge is 0.496 e. The third kappa shape index (κ3) is 1.42. The Morgan fingerprint density at radius 3 is 2.60 bits per heavy atom. The monoisotopic (exact) mass is 156 g/mol. The second-order valence-electron chi connectivity index (χ2n) is 2.11. The Morgan fingerprint density at radius 1 is 1.40 bits per heavy atom. The Hall–Kier alpha value is -0.690. The first-order valence-corrected chi connectivity index (χ1v) is 3.42. The van der Waals surface area contributed by atoms with Crippen LogP contribution >= 0.6 is 11.6 Å². The summed E-state index contributed by atoms with van der Waals surface area (Å²) in [4.78, 5) is 0. The number of rotatable bonds is 1. The fourth-order valence-electron chi connectivity index (χ4n) is 0.842. The zero-order chi connectivity index (χ0) is 7.56. The van der Waals surface area contributed by atoms with Crippen molar-refractivity contribution in [3.8, 4) is 5.75 Å². The normalized spacial score (nSPS) is 9.50. The molecule has 2 heteroatoms. The van der Waals surface area contributed by atoms with E-state index in [4.69, 9.17) is 16.3 Å². The Balaban J connectivity index is 3.07. The van der Waals surface area contributed by atoms with Crippen molar-refractivity contribution in [2.24, 2.45) is 0 Å². The number of aryl methyl sites for hydroxylation is 1. The third-order valence-electron chi connectivity index (χ3n) is 1.36. The van der Waals surface area contributed by atoms with Gasteiger partial charge in [-0.25, -0.2) is 0 Å². The van der Waals surface area contributed by atoms with Crippen LogP contribution in [0.4, 0.5) is 0 Å². The molecular weight excluding hydrogens is 148 g/mol. The smallest absolute Gasteiger partial charge is 0.121 e. The van der Waals surface area contributed by atoms with Crippen molar-refractivity contribution in [3.63, 3.8) is 0 Å². The van der Waals surface area contributed by atoms with Crippen molar-refractivity contribution < 1.29 is 4.74 Å². The number of ether oxygens (including phenoxy) is 1. The molecule has 0 amide bonds. The molecule has 0 aliphatic heterocycles. The van der Waals surface area contributed by atoms with Gasteiger partial charge in [0.1, 0.15) is 5.75 Å². The average molecular weight is 157 g/mol. The SMILES string of the molecule is COc1ccc(Cl)cc1C. The lowest BCUT2D eigenvalue weighted by atomic mass is 10.2. The summed E-state index contributed by atoms with van der Waals surface area (Å²) in [6.07, 6.45) is 0. The molecule has 0 N–H and O–H groups in total. The van der Waals surface area contributed by atoms with Gasteiger partial charge in [-0.15, -0.1) is 0 Å². The van der Waals surface area contributed by atoms with E-state index in [2.05, 4.69) is 0 Å². The highest BCUT2D eigenvalue weighted by Gasteiger charge is 1.95. The van der Waals surface area contributed by atoms with E-state index in [1.807, 2.05) is 25.1 Å². The van der Waals surface area contributed by atoms with E-state index >= 15 is 0 Å². The summed E-state index contributed by atoms with van der Waals surface area (Å²) in [6.45, 7) is 1.96. The zero-order valence-corrected chi connectivity index (χ0v) is 6.77. The summed E-state index contributed by atoms with van der Waals surface area (Å²) in [6, 6.07) is 5.55. The fraction of sp³-hybridized carbons (Fsp3) is 0.250. The molecule has 0 spiro atoms. The molecule has 0 aliphatic rings. The van der Waals surface area contributed by atoms with Gasteiger partial charge in [-0.2, -0.15) is 0 Å². The molecule has 1 aromatic rings. The lowest BCUT2D eigenvalue weighted by Crippen LogP contribution is -1.85. The molecule has 0 saturated carbocycles. The van der Waals surface area contributed by atoms with Gasteiger partial charge in [-0.3, -0.25) is 0 Å². The minimum Gasteiger partial charge on any atom is -0.496 e. The van der Waals surface area contributed by atoms with Gasteiger partial charge in [-0.1, -0.05) is 11.6 Å². The van der Waals surface area contributed by atoms with Gasteiger partial charge in [0.2, 0.25) is 0 Å². The van der Waals surface area contributed by atoms with Gasteiger partial charge in [0.05, 0.1) is 7.11 Å². The van der Waals surface area contributed by atoms with Crippen molar-refractivity contribution in [2.45, 2.75) is 6.92 Å². The molecule has 1 aromatic carbocycles. The van der Waals surface area contributed by atoms with Crippen LogP contribution in [0.5, 0.6) is 5.75 Å². The first kappa shape index (κ1) is 7.42. The molecule has 0 aliphatic carbocycles. The minimum absolute atomic E-state index is 0.748. The predicted molar refractivity (Wildman–Crippen MR) is 42.7 cm³/mol. The molecule has 0 heterocycles. The Bertz CT molecular complexity index is 233. The number of methoxy groups -OCH3 is 1. The maximum absolute atomic E-state index is 5.72. The molecule has 0 unspecified atom stereocenters. The van der Waals surface area contributed by atoms with Gasteiger partial charge in [0.15, 0.2) is 0 Å². The summed E-state index contributed by atoms with van der Waals surface area (Å²) in [5.41, 5.74) is 1.06. The summed E-state index contributed by atoms with van der Waals surface area (Å²) in [7, 11) is 1.65. The maximum Gasteiger partial charge on any atom is 0.121 e. The molecule has 0 atom stereocenters.